The Morgan fingerprint density at radius 2 is 1.84 bits per heavy atom. The minimum atomic E-state index is 0.606. The molecular formula is C26H29ClN2OS. The monoisotopic (exact) mass is 452 g/mol. The van der Waals surface area contributed by atoms with E-state index in [-0.39, 0.29) is 0 Å². The predicted molar refractivity (Wildman–Crippen MR) is 131 cm³/mol. The highest BCUT2D eigenvalue weighted by Crippen LogP contribution is 2.43. The van der Waals surface area contributed by atoms with Crippen molar-refractivity contribution in [3.8, 4) is 16.2 Å². The quantitative estimate of drug-likeness (QED) is 0.398. The van der Waals surface area contributed by atoms with Gasteiger partial charge in [0.1, 0.15) is 5.75 Å². The summed E-state index contributed by atoms with van der Waals surface area (Å²) in [5, 5.41) is 5.72. The highest BCUT2D eigenvalue weighted by molar-refractivity contribution is 7.15. The average molecular weight is 453 g/mol. The topological polar surface area (TPSA) is 34.1 Å². The number of halogens is 1. The van der Waals surface area contributed by atoms with Gasteiger partial charge in [-0.15, -0.1) is 11.3 Å². The standard InChI is InChI=1S/C26H29ClN2OS/c1-30-24-12-11-20(14-23(24)27)18-7-5-17(6-8-18)15-28-22-4-2-3-21(13-22)25-16-29-26(31-25)19-9-10-19/h2-4,11-14,16-19,28H,5-10,15H2,1H3. The van der Waals surface area contributed by atoms with E-state index in [0.29, 0.717) is 10.9 Å². The summed E-state index contributed by atoms with van der Waals surface area (Å²) in [6.45, 7) is 1.04. The molecule has 31 heavy (non-hydrogen) atoms. The average Bonchev–Trinajstić information content (AvgIpc) is 3.54. The predicted octanol–water partition coefficient (Wildman–Crippen LogP) is 7.74. The summed E-state index contributed by atoms with van der Waals surface area (Å²) in [5.74, 6) is 2.81. The molecule has 0 unspecified atom stereocenters. The van der Waals surface area contributed by atoms with E-state index in [4.69, 9.17) is 16.3 Å². The van der Waals surface area contributed by atoms with Crippen molar-refractivity contribution in [2.45, 2.75) is 50.4 Å². The van der Waals surface area contributed by atoms with Crippen LogP contribution < -0.4 is 10.1 Å². The van der Waals surface area contributed by atoms with E-state index in [0.717, 1.165) is 24.1 Å². The van der Waals surface area contributed by atoms with Gasteiger partial charge in [-0.3, -0.25) is 0 Å². The number of thiazole rings is 1. The van der Waals surface area contributed by atoms with Crippen molar-refractivity contribution in [3.63, 3.8) is 0 Å². The third kappa shape index (κ3) is 4.91. The van der Waals surface area contributed by atoms with Crippen LogP contribution in [0.4, 0.5) is 5.69 Å². The molecule has 1 N–H and O–H groups in total. The zero-order valence-corrected chi connectivity index (χ0v) is 19.5. The van der Waals surface area contributed by atoms with Crippen LogP contribution in [0, 0.1) is 5.92 Å². The number of ether oxygens (including phenoxy) is 1. The molecule has 5 rings (SSSR count). The lowest BCUT2D eigenvalue weighted by Gasteiger charge is -2.29. The van der Waals surface area contributed by atoms with Crippen molar-refractivity contribution in [1.29, 1.82) is 0 Å². The second kappa shape index (κ2) is 9.22. The number of rotatable bonds is 7. The van der Waals surface area contributed by atoms with Gasteiger partial charge in [0.25, 0.3) is 0 Å². The summed E-state index contributed by atoms with van der Waals surface area (Å²) in [7, 11) is 1.66. The maximum absolute atomic E-state index is 6.33. The Morgan fingerprint density at radius 3 is 2.58 bits per heavy atom. The molecule has 0 aliphatic heterocycles. The summed E-state index contributed by atoms with van der Waals surface area (Å²) in [6.07, 6.45) is 9.61. The molecule has 0 radical (unpaired) electrons. The molecule has 2 aliphatic rings. The van der Waals surface area contributed by atoms with Crippen LogP contribution in [0.2, 0.25) is 5.02 Å². The van der Waals surface area contributed by atoms with Gasteiger partial charge in [-0.05, 0) is 85.8 Å². The first-order valence-electron chi connectivity index (χ1n) is 11.3. The fraction of sp³-hybridized carbons (Fsp3) is 0.423. The molecule has 0 atom stereocenters. The molecule has 0 saturated heterocycles. The number of aromatic nitrogens is 1. The second-order valence-corrected chi connectivity index (χ2v) is 10.4. The number of methoxy groups -OCH3 is 1. The highest BCUT2D eigenvalue weighted by Gasteiger charge is 2.27. The molecule has 2 aliphatic carbocycles. The summed E-state index contributed by atoms with van der Waals surface area (Å²) >= 11 is 8.19. The summed E-state index contributed by atoms with van der Waals surface area (Å²) in [4.78, 5) is 5.92. The van der Waals surface area contributed by atoms with Crippen LogP contribution >= 0.6 is 22.9 Å². The second-order valence-electron chi connectivity index (χ2n) is 8.91. The van der Waals surface area contributed by atoms with Crippen LogP contribution in [0.5, 0.6) is 5.75 Å². The van der Waals surface area contributed by atoms with Gasteiger partial charge in [0.2, 0.25) is 0 Å². The number of hydrogen-bond donors (Lipinski definition) is 1. The Kier molecular flexibility index (Phi) is 6.20. The van der Waals surface area contributed by atoms with E-state index in [1.165, 1.54) is 65.2 Å². The lowest BCUT2D eigenvalue weighted by molar-refractivity contribution is 0.338. The van der Waals surface area contributed by atoms with Crippen molar-refractivity contribution in [2.24, 2.45) is 5.92 Å². The number of anilines is 1. The van der Waals surface area contributed by atoms with Gasteiger partial charge < -0.3 is 10.1 Å². The summed E-state index contributed by atoms with van der Waals surface area (Å²) in [6, 6.07) is 15.1. The van der Waals surface area contributed by atoms with Crippen LogP contribution in [0.25, 0.3) is 10.4 Å². The molecule has 0 spiro atoms. The minimum Gasteiger partial charge on any atom is -0.495 e. The highest BCUT2D eigenvalue weighted by atomic mass is 35.5. The van der Waals surface area contributed by atoms with Gasteiger partial charge in [-0.1, -0.05) is 29.8 Å². The first-order chi connectivity index (χ1) is 15.2. The third-order valence-corrected chi connectivity index (χ3v) is 8.19. The van der Waals surface area contributed by atoms with E-state index in [1.807, 2.05) is 23.6 Å². The van der Waals surface area contributed by atoms with Crippen LogP contribution in [0.15, 0.2) is 48.7 Å². The van der Waals surface area contributed by atoms with Gasteiger partial charge in [-0.2, -0.15) is 0 Å². The van der Waals surface area contributed by atoms with Gasteiger partial charge in [0.15, 0.2) is 0 Å². The maximum Gasteiger partial charge on any atom is 0.137 e. The fourth-order valence-electron chi connectivity index (χ4n) is 4.62. The SMILES string of the molecule is COc1ccc(C2CCC(CNc3cccc(-c4cnc(C5CC5)s4)c3)CC2)cc1Cl. The first kappa shape index (κ1) is 20.8. The molecule has 0 amide bonds. The zero-order valence-electron chi connectivity index (χ0n) is 17.9. The molecular weight excluding hydrogens is 424 g/mol. The van der Waals surface area contributed by atoms with Gasteiger partial charge in [0, 0.05) is 24.3 Å². The van der Waals surface area contributed by atoms with Crippen molar-refractivity contribution >= 4 is 28.6 Å². The molecule has 2 saturated carbocycles. The molecule has 1 aromatic heterocycles. The van der Waals surface area contributed by atoms with E-state index >= 15 is 0 Å². The van der Waals surface area contributed by atoms with E-state index < -0.39 is 0 Å². The lowest BCUT2D eigenvalue weighted by Crippen LogP contribution is -2.20. The molecule has 2 aromatic carbocycles. The van der Waals surface area contributed by atoms with E-state index in [9.17, 15) is 0 Å². The number of benzene rings is 2. The van der Waals surface area contributed by atoms with Crippen molar-refractivity contribution in [1.82, 2.24) is 4.98 Å². The van der Waals surface area contributed by atoms with Gasteiger partial charge in [-0.25, -0.2) is 4.98 Å². The minimum absolute atomic E-state index is 0.606. The van der Waals surface area contributed by atoms with Crippen LogP contribution in [0.1, 0.15) is 60.9 Å². The molecule has 3 aromatic rings. The van der Waals surface area contributed by atoms with Crippen LogP contribution in [-0.4, -0.2) is 18.6 Å². The number of nitrogens with zero attached hydrogens (tertiary/aromatic N) is 1. The first-order valence-corrected chi connectivity index (χ1v) is 12.5. The summed E-state index contributed by atoms with van der Waals surface area (Å²) < 4.78 is 5.29. The molecule has 3 nitrogen and oxygen atoms in total. The van der Waals surface area contributed by atoms with Gasteiger partial charge in [0.05, 0.1) is 22.0 Å². The van der Waals surface area contributed by atoms with E-state index in [2.05, 4.69) is 46.7 Å². The van der Waals surface area contributed by atoms with Crippen molar-refractivity contribution in [3.05, 3.63) is 64.3 Å². The largest absolute Gasteiger partial charge is 0.495 e. The van der Waals surface area contributed by atoms with Crippen molar-refractivity contribution in [2.75, 3.05) is 19.0 Å². The Morgan fingerprint density at radius 1 is 1.03 bits per heavy atom. The maximum atomic E-state index is 6.33. The molecule has 0 bridgehead atoms. The molecule has 1 heterocycles. The normalized spacial score (nSPS) is 21.1. The number of nitrogens with one attached hydrogen (secondary N) is 1. The number of hydrogen-bond acceptors (Lipinski definition) is 4. The fourth-order valence-corrected chi connectivity index (χ4v) is 5.97. The Labute approximate surface area is 193 Å². The third-order valence-electron chi connectivity index (χ3n) is 6.69. The van der Waals surface area contributed by atoms with Gasteiger partial charge >= 0.3 is 0 Å². The lowest BCUT2D eigenvalue weighted by atomic mass is 9.78. The smallest absolute Gasteiger partial charge is 0.137 e. The van der Waals surface area contributed by atoms with Crippen LogP contribution in [0.3, 0.4) is 0 Å². The Bertz CT molecular complexity index is 1040. The molecule has 162 valence electrons. The van der Waals surface area contributed by atoms with E-state index in [1.54, 1.807) is 7.11 Å². The Hall–Kier alpha value is -2.04. The van der Waals surface area contributed by atoms with Crippen molar-refractivity contribution < 1.29 is 4.74 Å². The zero-order chi connectivity index (χ0) is 21.2. The summed E-state index contributed by atoms with van der Waals surface area (Å²) in [5.41, 5.74) is 3.83. The Balaban J connectivity index is 1.15. The molecule has 5 heteroatoms. The van der Waals surface area contributed by atoms with Crippen LogP contribution in [-0.2, 0) is 0 Å². The molecule has 2 fully saturated rings.